The quantitative estimate of drug-likeness (QED) is 0.669. The van der Waals surface area contributed by atoms with Crippen LogP contribution in [-0.2, 0) is 9.53 Å². The molecule has 0 radical (unpaired) electrons. The number of nitrogens with zero attached hydrogens (tertiary/aromatic N) is 4. The first kappa shape index (κ1) is 21.8. The molecule has 1 aliphatic rings. The Bertz CT molecular complexity index is 1020. The molecule has 3 aromatic rings. The van der Waals surface area contributed by atoms with Gasteiger partial charge in [0.15, 0.2) is 5.52 Å². The van der Waals surface area contributed by atoms with Gasteiger partial charge in [-0.15, -0.1) is 0 Å². The lowest BCUT2D eigenvalue weighted by molar-refractivity contribution is -0.137. The molecule has 0 unspecified atom stereocenters. The van der Waals surface area contributed by atoms with Gasteiger partial charge in [0, 0.05) is 44.2 Å². The molecule has 0 saturated carbocycles. The van der Waals surface area contributed by atoms with E-state index < -0.39 is 0 Å². The van der Waals surface area contributed by atoms with E-state index in [1.807, 2.05) is 37.4 Å². The fourth-order valence-electron chi connectivity index (χ4n) is 3.28. The molecule has 1 aliphatic heterocycles. The van der Waals surface area contributed by atoms with Crippen LogP contribution in [0, 0.1) is 0 Å². The van der Waals surface area contributed by atoms with Gasteiger partial charge in [-0.1, -0.05) is 12.1 Å². The van der Waals surface area contributed by atoms with E-state index in [1.165, 1.54) is 0 Å². The minimum atomic E-state index is -0.209. The number of ether oxygens (including phenoxy) is 2. The summed E-state index contributed by atoms with van der Waals surface area (Å²) in [6.45, 7) is 3.46. The highest BCUT2D eigenvalue weighted by Gasteiger charge is 2.23. The Kier molecular flexibility index (Phi) is 7.07. The lowest BCUT2D eigenvalue weighted by Crippen LogP contribution is -2.46. The van der Waals surface area contributed by atoms with Crippen molar-refractivity contribution in [1.29, 1.82) is 0 Å². The number of amides is 1. The van der Waals surface area contributed by atoms with Crippen molar-refractivity contribution >= 4 is 36.1 Å². The van der Waals surface area contributed by atoms with Gasteiger partial charge >= 0.3 is 0 Å². The molecule has 1 amide bonds. The van der Waals surface area contributed by atoms with Gasteiger partial charge in [0.05, 0.1) is 24.4 Å². The van der Waals surface area contributed by atoms with Crippen molar-refractivity contribution in [3.63, 3.8) is 0 Å². The number of morpholine rings is 1. The van der Waals surface area contributed by atoms with Crippen LogP contribution in [0.5, 0.6) is 5.88 Å². The molecular weight excluding hydrogens is 402 g/mol. The van der Waals surface area contributed by atoms with Crippen LogP contribution in [0.4, 0.5) is 5.69 Å². The predicted octanol–water partition coefficient (Wildman–Crippen LogP) is 2.47. The number of hydrogen-bond acceptors (Lipinski definition) is 7. The molecule has 158 valence electrons. The number of pyridine rings is 1. The van der Waals surface area contributed by atoms with Crippen LogP contribution < -0.4 is 10.1 Å². The second-order valence-electron chi connectivity index (χ2n) is 6.83. The average Bonchev–Trinajstić information content (AvgIpc) is 2.77. The van der Waals surface area contributed by atoms with Crippen LogP contribution in [0.2, 0.25) is 0 Å². The lowest BCUT2D eigenvalue weighted by atomic mass is 10.1. The van der Waals surface area contributed by atoms with Gasteiger partial charge in [-0.3, -0.25) is 9.78 Å². The number of fused-ring (bicyclic) bond motifs is 1. The van der Waals surface area contributed by atoms with Crippen molar-refractivity contribution in [3.05, 3.63) is 42.7 Å². The van der Waals surface area contributed by atoms with Crippen molar-refractivity contribution < 1.29 is 14.3 Å². The van der Waals surface area contributed by atoms with Crippen molar-refractivity contribution in [2.24, 2.45) is 0 Å². The summed E-state index contributed by atoms with van der Waals surface area (Å²) in [5.74, 6) is 0.451. The first-order valence-electron chi connectivity index (χ1n) is 9.54. The maximum Gasteiger partial charge on any atom is 0.242 e. The number of carbonyl (C=O) groups is 1. The number of benzene rings is 1. The highest BCUT2D eigenvalue weighted by atomic mass is 32.1. The summed E-state index contributed by atoms with van der Waals surface area (Å²) in [5, 5.41) is 3.11. The zero-order chi connectivity index (χ0) is 20.2. The number of hydrogen-bond donors (Lipinski definition) is 1. The summed E-state index contributed by atoms with van der Waals surface area (Å²) in [6.07, 6.45) is 3.06. The zero-order valence-corrected chi connectivity index (χ0v) is 18.0. The third-order valence-corrected chi connectivity index (χ3v) is 4.88. The lowest BCUT2D eigenvalue weighted by Gasteiger charge is -2.32. The summed E-state index contributed by atoms with van der Waals surface area (Å²) in [6, 6.07) is 9.87. The number of anilines is 1. The Morgan fingerprint density at radius 1 is 1.27 bits per heavy atom. The molecule has 30 heavy (non-hydrogen) atoms. The molecule has 2 aromatic heterocycles. The molecule has 0 spiro atoms. The average molecular weight is 428 g/mol. The normalized spacial score (nSPS) is 16.1. The molecule has 1 fully saturated rings. The first-order chi connectivity index (χ1) is 14.1. The zero-order valence-electron chi connectivity index (χ0n) is 17.0. The van der Waals surface area contributed by atoms with Gasteiger partial charge in [-0.2, -0.15) is 13.5 Å². The molecule has 0 aliphatic carbocycles. The molecular formula is C21H25N5O3S. The third kappa shape index (κ3) is 4.80. The van der Waals surface area contributed by atoms with Crippen molar-refractivity contribution in [2.75, 3.05) is 38.7 Å². The minimum absolute atomic E-state index is 0. The summed E-state index contributed by atoms with van der Waals surface area (Å²) in [4.78, 5) is 26.9. The highest BCUT2D eigenvalue weighted by Crippen LogP contribution is 2.28. The van der Waals surface area contributed by atoms with Crippen molar-refractivity contribution in [1.82, 2.24) is 19.9 Å². The Balaban J connectivity index is 0.00000256. The number of aromatic nitrogens is 3. The number of carbonyl (C=O) groups excluding carboxylic acids is 1. The van der Waals surface area contributed by atoms with Crippen LogP contribution >= 0.6 is 13.5 Å². The van der Waals surface area contributed by atoms with Crippen LogP contribution in [-0.4, -0.2) is 65.2 Å². The second-order valence-corrected chi connectivity index (χ2v) is 6.83. The number of nitrogens with one attached hydrogen (secondary N) is 1. The van der Waals surface area contributed by atoms with E-state index in [4.69, 9.17) is 9.47 Å². The predicted molar refractivity (Wildman–Crippen MR) is 120 cm³/mol. The molecule has 1 saturated heterocycles. The van der Waals surface area contributed by atoms with E-state index in [0.717, 1.165) is 16.9 Å². The second kappa shape index (κ2) is 9.73. The van der Waals surface area contributed by atoms with E-state index in [0.29, 0.717) is 36.6 Å². The van der Waals surface area contributed by atoms with Gasteiger partial charge < -0.3 is 19.7 Å². The molecule has 9 heteroatoms. The molecule has 8 nitrogen and oxygen atoms in total. The minimum Gasteiger partial charge on any atom is -0.473 e. The van der Waals surface area contributed by atoms with E-state index in [9.17, 15) is 4.79 Å². The van der Waals surface area contributed by atoms with E-state index in [-0.39, 0.29) is 32.1 Å². The van der Waals surface area contributed by atoms with E-state index in [2.05, 4.69) is 20.3 Å². The van der Waals surface area contributed by atoms with E-state index >= 15 is 0 Å². The Labute approximate surface area is 182 Å². The van der Waals surface area contributed by atoms with E-state index in [1.54, 1.807) is 24.2 Å². The largest absolute Gasteiger partial charge is 0.473 e. The maximum atomic E-state index is 11.6. The Morgan fingerprint density at radius 3 is 2.77 bits per heavy atom. The summed E-state index contributed by atoms with van der Waals surface area (Å²) in [5.41, 5.74) is 4.04. The SMILES string of the molecule is CNc1ccc(-c2cc3nccnc3c(OC[C@@H]3CN(C(C)=O)CCO3)n2)cc1.S. The smallest absolute Gasteiger partial charge is 0.242 e. The van der Waals surface area contributed by atoms with Crippen LogP contribution in [0.3, 0.4) is 0 Å². The first-order valence-corrected chi connectivity index (χ1v) is 9.54. The fraction of sp³-hybridized carbons (Fsp3) is 0.333. The summed E-state index contributed by atoms with van der Waals surface area (Å²) >= 11 is 0. The van der Waals surface area contributed by atoms with Gasteiger partial charge in [0.2, 0.25) is 11.8 Å². The Morgan fingerprint density at radius 2 is 2.03 bits per heavy atom. The third-order valence-electron chi connectivity index (χ3n) is 4.88. The summed E-state index contributed by atoms with van der Waals surface area (Å²) in [7, 11) is 1.88. The fourth-order valence-corrected chi connectivity index (χ4v) is 3.28. The van der Waals surface area contributed by atoms with Gasteiger partial charge in [-0.05, 0) is 18.2 Å². The molecule has 4 rings (SSSR count). The van der Waals surface area contributed by atoms with Crippen molar-refractivity contribution in [3.8, 4) is 17.1 Å². The maximum absolute atomic E-state index is 11.6. The van der Waals surface area contributed by atoms with Gasteiger partial charge in [-0.25, -0.2) is 9.97 Å². The summed E-state index contributed by atoms with van der Waals surface area (Å²) < 4.78 is 11.7. The standard InChI is InChI=1S/C21H23N5O3.H2S/c1-14(27)26-9-10-28-17(12-26)13-29-21-20-19(23-7-8-24-20)11-18(25-21)15-3-5-16(22-2)6-4-15;/h3-8,11,17,22H,9-10,12-13H2,1-2H3;1H2/t17-;/m0./s1. The van der Waals surface area contributed by atoms with Crippen molar-refractivity contribution in [2.45, 2.75) is 13.0 Å². The van der Waals surface area contributed by atoms with Crippen LogP contribution in [0.25, 0.3) is 22.3 Å². The van der Waals surface area contributed by atoms with Crippen LogP contribution in [0.15, 0.2) is 42.7 Å². The molecule has 1 aromatic carbocycles. The van der Waals surface area contributed by atoms with Crippen LogP contribution in [0.1, 0.15) is 6.92 Å². The number of rotatable bonds is 5. The highest BCUT2D eigenvalue weighted by molar-refractivity contribution is 7.59. The topological polar surface area (TPSA) is 89.5 Å². The molecule has 3 heterocycles. The Hall–Kier alpha value is -2.91. The molecule has 1 N–H and O–H groups in total. The van der Waals surface area contributed by atoms with Gasteiger partial charge in [0.25, 0.3) is 0 Å². The monoisotopic (exact) mass is 427 g/mol. The molecule has 1 atom stereocenters. The van der Waals surface area contributed by atoms with Gasteiger partial charge in [0.1, 0.15) is 12.7 Å². The molecule has 0 bridgehead atoms.